The van der Waals surface area contributed by atoms with Gasteiger partial charge < -0.3 is 16.5 Å². The van der Waals surface area contributed by atoms with E-state index in [0.717, 1.165) is 47.4 Å². The molecule has 2 aromatic heterocycles. The third-order valence-corrected chi connectivity index (χ3v) is 6.39. The fraction of sp³-hybridized carbons (Fsp3) is 0.280. The van der Waals surface area contributed by atoms with Crippen molar-refractivity contribution in [1.29, 1.82) is 0 Å². The van der Waals surface area contributed by atoms with Crippen LogP contribution in [0.25, 0.3) is 11.0 Å². The lowest BCUT2D eigenvalue weighted by Gasteiger charge is -2.39. The average Bonchev–Trinajstić information content (AvgIpc) is 3.19. The predicted octanol–water partition coefficient (Wildman–Crippen LogP) is 4.76. The van der Waals surface area contributed by atoms with Crippen LogP contribution in [0.3, 0.4) is 0 Å². The van der Waals surface area contributed by atoms with Gasteiger partial charge in [-0.05, 0) is 67.6 Å². The molecule has 1 aliphatic carbocycles. The lowest BCUT2D eigenvalue weighted by Crippen LogP contribution is -2.34. The number of nitrogen functional groups attached to an aromatic ring is 2. The molecule has 5 rings (SSSR count). The van der Waals surface area contributed by atoms with Gasteiger partial charge in [0.2, 0.25) is 0 Å². The number of benzene rings is 2. The van der Waals surface area contributed by atoms with E-state index in [4.69, 9.17) is 21.4 Å². The Balaban J connectivity index is 1.56. The molecule has 0 saturated heterocycles. The second kappa shape index (κ2) is 8.04. The quantitative estimate of drug-likeness (QED) is 0.411. The summed E-state index contributed by atoms with van der Waals surface area (Å²) in [5.74, 6) is 0.949. The molecular formula is C25H28N6. The first kappa shape index (κ1) is 19.6. The Morgan fingerprint density at radius 3 is 2.84 bits per heavy atom. The van der Waals surface area contributed by atoms with Crippen LogP contribution in [0.15, 0.2) is 60.8 Å². The number of H-pyrrole nitrogens is 1. The summed E-state index contributed by atoms with van der Waals surface area (Å²) < 4.78 is 0. The van der Waals surface area contributed by atoms with Crippen LogP contribution >= 0.6 is 0 Å². The van der Waals surface area contributed by atoms with Crippen LogP contribution in [0.2, 0.25) is 0 Å². The third-order valence-electron chi connectivity index (χ3n) is 6.39. The Labute approximate surface area is 182 Å². The Morgan fingerprint density at radius 2 is 2.00 bits per heavy atom. The molecule has 0 bridgehead atoms. The first-order valence-electron chi connectivity index (χ1n) is 10.9. The number of rotatable bonds is 5. The third kappa shape index (κ3) is 3.75. The van der Waals surface area contributed by atoms with E-state index in [2.05, 4.69) is 28.9 Å². The van der Waals surface area contributed by atoms with Crippen molar-refractivity contribution in [2.24, 2.45) is 0 Å². The first-order chi connectivity index (χ1) is 15.1. The fourth-order valence-corrected chi connectivity index (χ4v) is 4.83. The van der Waals surface area contributed by atoms with Crippen molar-refractivity contribution in [2.75, 3.05) is 11.5 Å². The SMILES string of the molecule is CC(c1ccc(N)cc1N)N(Cc1nc2ccccc2[nH]1)C1CCCc2cccnc21. The van der Waals surface area contributed by atoms with E-state index in [1.165, 1.54) is 11.3 Å². The maximum atomic E-state index is 6.39. The molecule has 2 unspecified atom stereocenters. The molecule has 31 heavy (non-hydrogen) atoms. The summed E-state index contributed by atoms with van der Waals surface area (Å²) in [7, 11) is 0. The van der Waals surface area contributed by atoms with Gasteiger partial charge in [0.1, 0.15) is 5.82 Å². The van der Waals surface area contributed by atoms with Crippen molar-refractivity contribution in [2.45, 2.75) is 44.8 Å². The maximum Gasteiger partial charge on any atom is 0.121 e. The Kier molecular flexibility index (Phi) is 5.08. The highest BCUT2D eigenvalue weighted by molar-refractivity contribution is 5.74. The minimum atomic E-state index is 0.0757. The standard InChI is InChI=1S/C25H28N6/c1-16(19-12-11-18(26)14-20(19)27)31(15-24-29-21-8-2-3-9-22(21)30-24)23-10-4-6-17-7-5-13-28-25(17)23/h2-3,5,7-9,11-14,16,23H,4,6,10,15,26-27H2,1H3,(H,29,30). The number of hydrogen-bond donors (Lipinski definition) is 3. The van der Waals surface area contributed by atoms with Crippen LogP contribution in [-0.2, 0) is 13.0 Å². The number of hydrogen-bond acceptors (Lipinski definition) is 5. The molecule has 6 heteroatoms. The number of nitrogens with zero attached hydrogens (tertiary/aromatic N) is 3. The van der Waals surface area contributed by atoms with Crippen LogP contribution < -0.4 is 11.5 Å². The van der Waals surface area contributed by atoms with Crippen molar-refractivity contribution in [3.8, 4) is 0 Å². The van der Waals surface area contributed by atoms with Crippen molar-refractivity contribution in [1.82, 2.24) is 19.9 Å². The Morgan fingerprint density at radius 1 is 1.13 bits per heavy atom. The summed E-state index contributed by atoms with van der Waals surface area (Å²) in [6, 6.07) is 18.5. The van der Waals surface area contributed by atoms with Gasteiger partial charge in [-0.2, -0.15) is 0 Å². The predicted molar refractivity (Wildman–Crippen MR) is 125 cm³/mol. The highest BCUT2D eigenvalue weighted by Crippen LogP contribution is 2.40. The molecule has 2 atom stereocenters. The molecule has 0 saturated carbocycles. The zero-order valence-corrected chi connectivity index (χ0v) is 17.8. The smallest absolute Gasteiger partial charge is 0.121 e. The topological polar surface area (TPSA) is 96.9 Å². The molecule has 1 aliphatic rings. The van der Waals surface area contributed by atoms with E-state index >= 15 is 0 Å². The summed E-state index contributed by atoms with van der Waals surface area (Å²) in [5, 5.41) is 0. The number of para-hydroxylation sites is 2. The molecular weight excluding hydrogens is 384 g/mol. The van der Waals surface area contributed by atoms with E-state index in [9.17, 15) is 0 Å². The van der Waals surface area contributed by atoms with E-state index in [-0.39, 0.29) is 12.1 Å². The van der Waals surface area contributed by atoms with Gasteiger partial charge in [-0.3, -0.25) is 9.88 Å². The van der Waals surface area contributed by atoms with Crippen LogP contribution in [0.4, 0.5) is 11.4 Å². The number of imidazole rings is 1. The van der Waals surface area contributed by atoms with E-state index in [1.54, 1.807) is 0 Å². The van der Waals surface area contributed by atoms with E-state index in [1.807, 2.05) is 48.7 Å². The number of anilines is 2. The molecule has 0 radical (unpaired) electrons. The minimum absolute atomic E-state index is 0.0757. The lowest BCUT2D eigenvalue weighted by molar-refractivity contribution is 0.113. The number of fused-ring (bicyclic) bond motifs is 2. The molecule has 0 fully saturated rings. The molecule has 6 nitrogen and oxygen atoms in total. The van der Waals surface area contributed by atoms with Gasteiger partial charge in [0.15, 0.2) is 0 Å². The van der Waals surface area contributed by atoms with Gasteiger partial charge in [0, 0.05) is 23.6 Å². The van der Waals surface area contributed by atoms with Gasteiger partial charge in [-0.15, -0.1) is 0 Å². The van der Waals surface area contributed by atoms with Crippen LogP contribution in [-0.4, -0.2) is 19.9 Å². The van der Waals surface area contributed by atoms with Gasteiger partial charge in [0.05, 0.1) is 29.3 Å². The van der Waals surface area contributed by atoms with Crippen molar-refractivity contribution >= 4 is 22.4 Å². The molecule has 158 valence electrons. The van der Waals surface area contributed by atoms with E-state index in [0.29, 0.717) is 12.2 Å². The summed E-state index contributed by atoms with van der Waals surface area (Å²) in [4.78, 5) is 15.6. The van der Waals surface area contributed by atoms with Crippen LogP contribution in [0.1, 0.15) is 54.5 Å². The number of aromatic amines is 1. The first-order valence-corrected chi connectivity index (χ1v) is 10.9. The summed E-state index contributed by atoms with van der Waals surface area (Å²) in [5.41, 5.74) is 19.4. The highest BCUT2D eigenvalue weighted by Gasteiger charge is 2.32. The van der Waals surface area contributed by atoms with Crippen molar-refractivity contribution < 1.29 is 0 Å². The molecule has 4 aromatic rings. The average molecular weight is 413 g/mol. The van der Waals surface area contributed by atoms with Crippen LogP contribution in [0.5, 0.6) is 0 Å². The zero-order valence-electron chi connectivity index (χ0n) is 17.8. The largest absolute Gasteiger partial charge is 0.399 e. The second-order valence-electron chi connectivity index (χ2n) is 8.39. The molecule has 0 spiro atoms. The second-order valence-corrected chi connectivity index (χ2v) is 8.39. The Bertz CT molecular complexity index is 1180. The number of nitrogens with one attached hydrogen (secondary N) is 1. The maximum absolute atomic E-state index is 6.39. The van der Waals surface area contributed by atoms with E-state index < -0.39 is 0 Å². The summed E-state index contributed by atoms with van der Waals surface area (Å²) >= 11 is 0. The summed E-state index contributed by atoms with van der Waals surface area (Å²) in [6.45, 7) is 2.89. The molecule has 2 heterocycles. The Hall–Kier alpha value is -3.38. The van der Waals surface area contributed by atoms with Crippen molar-refractivity contribution in [3.63, 3.8) is 0 Å². The zero-order chi connectivity index (χ0) is 21.4. The number of nitrogens with two attached hydrogens (primary N) is 2. The van der Waals surface area contributed by atoms with Crippen molar-refractivity contribution in [3.05, 3.63) is 83.4 Å². The molecule has 2 aromatic carbocycles. The monoisotopic (exact) mass is 412 g/mol. The molecule has 5 N–H and O–H groups in total. The number of pyridine rings is 1. The van der Waals surface area contributed by atoms with Crippen LogP contribution in [0, 0.1) is 0 Å². The number of aryl methyl sites for hydroxylation is 1. The molecule has 0 amide bonds. The normalized spacial score (nSPS) is 17.0. The van der Waals surface area contributed by atoms with Gasteiger partial charge >= 0.3 is 0 Å². The van der Waals surface area contributed by atoms with Gasteiger partial charge in [-0.1, -0.05) is 24.3 Å². The fourth-order valence-electron chi connectivity index (χ4n) is 4.83. The van der Waals surface area contributed by atoms with Gasteiger partial charge in [-0.25, -0.2) is 4.98 Å². The molecule has 0 aliphatic heterocycles. The summed E-state index contributed by atoms with van der Waals surface area (Å²) in [6.07, 6.45) is 5.18. The highest BCUT2D eigenvalue weighted by atomic mass is 15.2. The number of aromatic nitrogens is 3. The minimum Gasteiger partial charge on any atom is -0.399 e. The lowest BCUT2D eigenvalue weighted by atomic mass is 9.89. The van der Waals surface area contributed by atoms with Gasteiger partial charge in [0.25, 0.3) is 0 Å².